The molecule has 5 rings (SSSR count). The fourth-order valence-electron chi connectivity index (χ4n) is 4.74. The van der Waals surface area contributed by atoms with Gasteiger partial charge < -0.3 is 24.3 Å². The molecule has 0 spiro atoms. The first kappa shape index (κ1) is 27.7. The number of nitrogens with zero attached hydrogens (tertiary/aromatic N) is 2. The number of carbonyl (C=O) groups excluding carboxylic acids is 1. The minimum Gasteiger partial charge on any atom is -0.497 e. The molecule has 1 amide bonds. The van der Waals surface area contributed by atoms with Gasteiger partial charge in [-0.05, 0) is 42.8 Å². The zero-order valence-corrected chi connectivity index (χ0v) is 24.1. The van der Waals surface area contributed by atoms with Crippen LogP contribution >= 0.6 is 11.3 Å². The number of para-hydroxylation sites is 1. The normalized spacial score (nSPS) is 14.7. The predicted molar refractivity (Wildman–Crippen MR) is 158 cm³/mol. The SMILES string of the molecule is COc1ccc([C@@H]2C(C(=O)Nc3ccccc3)=C(C)N=c3s/c(=C/c4c(OC)cc(OC)cc4OC)c(=O)n32)cc1. The van der Waals surface area contributed by atoms with Crippen LogP contribution in [0.4, 0.5) is 5.69 Å². The number of carbonyl (C=O) groups is 1. The van der Waals surface area contributed by atoms with Gasteiger partial charge in [0.05, 0.1) is 55.8 Å². The Morgan fingerprint density at radius 3 is 2.12 bits per heavy atom. The number of rotatable bonds is 8. The first-order valence-corrected chi connectivity index (χ1v) is 13.5. The van der Waals surface area contributed by atoms with Crippen LogP contribution < -0.4 is 39.2 Å². The zero-order chi connectivity index (χ0) is 29.1. The number of thiazole rings is 1. The maximum absolute atomic E-state index is 14.1. The van der Waals surface area contributed by atoms with Crippen LogP contribution in [0, 0.1) is 0 Å². The van der Waals surface area contributed by atoms with E-state index in [9.17, 15) is 9.59 Å². The van der Waals surface area contributed by atoms with Gasteiger partial charge in [-0.2, -0.15) is 0 Å². The highest BCUT2D eigenvalue weighted by atomic mass is 32.1. The van der Waals surface area contributed by atoms with Gasteiger partial charge in [0.25, 0.3) is 11.5 Å². The van der Waals surface area contributed by atoms with Crippen molar-refractivity contribution in [1.29, 1.82) is 0 Å². The lowest BCUT2D eigenvalue weighted by Gasteiger charge is -2.25. The van der Waals surface area contributed by atoms with Gasteiger partial charge in [0, 0.05) is 17.8 Å². The molecule has 1 aromatic heterocycles. The number of methoxy groups -OCH3 is 4. The molecule has 4 aromatic rings. The molecule has 0 unspecified atom stereocenters. The lowest BCUT2D eigenvalue weighted by molar-refractivity contribution is -0.113. The van der Waals surface area contributed by atoms with E-state index < -0.39 is 6.04 Å². The maximum atomic E-state index is 14.1. The van der Waals surface area contributed by atoms with E-state index in [4.69, 9.17) is 23.9 Å². The van der Waals surface area contributed by atoms with Crippen LogP contribution in [-0.2, 0) is 4.79 Å². The topological polar surface area (TPSA) is 100 Å². The van der Waals surface area contributed by atoms with Gasteiger partial charge in [0.15, 0.2) is 4.80 Å². The minimum absolute atomic E-state index is 0.299. The van der Waals surface area contributed by atoms with E-state index in [-0.39, 0.29) is 11.5 Å². The van der Waals surface area contributed by atoms with Crippen LogP contribution in [0.3, 0.4) is 0 Å². The molecule has 10 heteroatoms. The molecule has 0 saturated carbocycles. The summed E-state index contributed by atoms with van der Waals surface area (Å²) in [6.07, 6.45) is 1.72. The largest absolute Gasteiger partial charge is 0.497 e. The van der Waals surface area contributed by atoms with Crippen molar-refractivity contribution in [3.8, 4) is 23.0 Å². The zero-order valence-electron chi connectivity index (χ0n) is 23.3. The highest BCUT2D eigenvalue weighted by molar-refractivity contribution is 7.07. The number of ether oxygens (including phenoxy) is 4. The number of nitrogens with one attached hydrogen (secondary N) is 1. The second-order valence-corrected chi connectivity index (χ2v) is 10.1. The van der Waals surface area contributed by atoms with Gasteiger partial charge in [-0.25, -0.2) is 4.99 Å². The summed E-state index contributed by atoms with van der Waals surface area (Å²) in [6.45, 7) is 1.78. The van der Waals surface area contributed by atoms with Crippen LogP contribution in [0.25, 0.3) is 6.08 Å². The van der Waals surface area contributed by atoms with Crippen LogP contribution in [0.5, 0.6) is 23.0 Å². The number of anilines is 1. The summed E-state index contributed by atoms with van der Waals surface area (Å²) in [5, 5.41) is 2.96. The van der Waals surface area contributed by atoms with Crippen molar-refractivity contribution in [2.75, 3.05) is 33.8 Å². The smallest absolute Gasteiger partial charge is 0.271 e. The lowest BCUT2D eigenvalue weighted by atomic mass is 9.95. The van der Waals surface area contributed by atoms with Gasteiger partial charge in [0.2, 0.25) is 0 Å². The van der Waals surface area contributed by atoms with Crippen molar-refractivity contribution < 1.29 is 23.7 Å². The van der Waals surface area contributed by atoms with Crippen molar-refractivity contribution >= 4 is 29.0 Å². The molecule has 0 fully saturated rings. The Labute approximate surface area is 240 Å². The van der Waals surface area contributed by atoms with Crippen LogP contribution in [-0.4, -0.2) is 38.9 Å². The van der Waals surface area contributed by atoms with Crippen molar-refractivity contribution in [1.82, 2.24) is 4.57 Å². The molecule has 3 aromatic carbocycles. The van der Waals surface area contributed by atoms with Gasteiger partial charge >= 0.3 is 0 Å². The number of aromatic nitrogens is 1. The van der Waals surface area contributed by atoms with Gasteiger partial charge in [-0.15, -0.1) is 0 Å². The second kappa shape index (κ2) is 11.7. The van der Waals surface area contributed by atoms with Crippen molar-refractivity contribution in [2.24, 2.45) is 4.99 Å². The number of amides is 1. The number of hydrogen-bond acceptors (Lipinski definition) is 8. The summed E-state index contributed by atoms with van der Waals surface area (Å²) in [7, 11) is 6.22. The number of benzene rings is 3. The van der Waals surface area contributed by atoms with Crippen molar-refractivity contribution in [2.45, 2.75) is 13.0 Å². The quantitative estimate of drug-likeness (QED) is 0.344. The summed E-state index contributed by atoms with van der Waals surface area (Å²) in [6, 6.07) is 19.2. The molecule has 0 aliphatic carbocycles. The fraction of sp³-hybridized carbons (Fsp3) is 0.194. The summed E-state index contributed by atoms with van der Waals surface area (Å²) < 4.78 is 23.8. The molecule has 0 radical (unpaired) electrons. The van der Waals surface area contributed by atoms with E-state index in [2.05, 4.69) is 5.32 Å². The maximum Gasteiger partial charge on any atom is 0.271 e. The average molecular weight is 572 g/mol. The Morgan fingerprint density at radius 1 is 0.902 bits per heavy atom. The molecule has 0 bridgehead atoms. The fourth-order valence-corrected chi connectivity index (χ4v) is 5.77. The van der Waals surface area contributed by atoms with E-state index in [1.165, 1.54) is 25.6 Å². The van der Waals surface area contributed by atoms with Crippen LogP contribution in [0.15, 0.2) is 87.8 Å². The first-order chi connectivity index (χ1) is 19.9. The molecule has 210 valence electrons. The number of hydrogen-bond donors (Lipinski definition) is 1. The van der Waals surface area contributed by atoms with Gasteiger partial charge in [-0.1, -0.05) is 41.7 Å². The summed E-state index contributed by atoms with van der Waals surface area (Å²) in [5.41, 5.74) is 2.56. The highest BCUT2D eigenvalue weighted by Gasteiger charge is 2.32. The molecule has 2 heterocycles. The first-order valence-electron chi connectivity index (χ1n) is 12.7. The minimum atomic E-state index is -0.720. The van der Waals surface area contributed by atoms with E-state index in [0.29, 0.717) is 54.9 Å². The van der Waals surface area contributed by atoms with Crippen molar-refractivity contribution in [3.63, 3.8) is 0 Å². The van der Waals surface area contributed by atoms with E-state index in [0.717, 1.165) is 5.56 Å². The standard InChI is InChI=1S/C31H29N3O6S/c1-18-27(29(35)33-20-9-7-6-8-10-20)28(19-11-13-21(37-2)14-12-19)34-30(36)26(41-31(34)32-18)17-23-24(39-4)15-22(38-3)16-25(23)40-5/h6-17,28H,1-5H3,(H,33,35)/b26-17+/t28-/m1/s1. The van der Waals surface area contributed by atoms with E-state index in [1.54, 1.807) is 68.2 Å². The number of allylic oxidation sites excluding steroid dienone is 1. The molecule has 9 nitrogen and oxygen atoms in total. The van der Waals surface area contributed by atoms with Crippen molar-refractivity contribution in [3.05, 3.63) is 109 Å². The van der Waals surface area contributed by atoms with Crippen LogP contribution in [0.1, 0.15) is 24.1 Å². The summed E-state index contributed by atoms with van der Waals surface area (Å²) in [5.74, 6) is 1.85. The lowest BCUT2D eigenvalue weighted by Crippen LogP contribution is -2.40. The van der Waals surface area contributed by atoms with E-state index >= 15 is 0 Å². The highest BCUT2D eigenvalue weighted by Crippen LogP contribution is 2.35. The Balaban J connectivity index is 1.70. The van der Waals surface area contributed by atoms with E-state index in [1.807, 2.05) is 30.3 Å². The molecule has 1 N–H and O–H groups in total. The summed E-state index contributed by atoms with van der Waals surface area (Å²) >= 11 is 1.23. The van der Waals surface area contributed by atoms with Crippen LogP contribution in [0.2, 0.25) is 0 Å². The average Bonchev–Trinajstić information content (AvgIpc) is 3.30. The summed E-state index contributed by atoms with van der Waals surface area (Å²) in [4.78, 5) is 33.0. The monoisotopic (exact) mass is 571 g/mol. The Morgan fingerprint density at radius 2 is 1.54 bits per heavy atom. The molecule has 1 aliphatic heterocycles. The number of fused-ring (bicyclic) bond motifs is 1. The Hall–Kier alpha value is -4.83. The molecule has 41 heavy (non-hydrogen) atoms. The van der Waals surface area contributed by atoms with Gasteiger partial charge in [-0.3, -0.25) is 14.2 Å². The molecule has 1 atom stereocenters. The third kappa shape index (κ3) is 5.33. The third-order valence-corrected chi connectivity index (χ3v) is 7.74. The molecule has 1 aliphatic rings. The predicted octanol–water partition coefficient (Wildman–Crippen LogP) is 3.91. The Kier molecular flexibility index (Phi) is 7.93. The Bertz CT molecular complexity index is 1780. The molecular weight excluding hydrogens is 542 g/mol. The third-order valence-electron chi connectivity index (χ3n) is 6.76. The molecule has 0 saturated heterocycles. The molecular formula is C31H29N3O6S. The second-order valence-electron chi connectivity index (χ2n) is 9.12. The van der Waals surface area contributed by atoms with Gasteiger partial charge in [0.1, 0.15) is 23.0 Å².